The van der Waals surface area contributed by atoms with E-state index in [0.29, 0.717) is 13.0 Å². The van der Waals surface area contributed by atoms with Crippen molar-refractivity contribution in [2.75, 3.05) is 12.3 Å². The number of pyridine rings is 1. The van der Waals surface area contributed by atoms with Crippen LogP contribution in [0.25, 0.3) is 0 Å². The van der Waals surface area contributed by atoms with Crippen molar-refractivity contribution < 1.29 is 4.79 Å². The molecule has 0 aliphatic rings. The van der Waals surface area contributed by atoms with Crippen LogP contribution in [0, 0.1) is 0 Å². The normalized spacial score (nSPS) is 10.4. The van der Waals surface area contributed by atoms with E-state index in [9.17, 15) is 4.79 Å². The summed E-state index contributed by atoms with van der Waals surface area (Å²) in [7, 11) is 0. The molecule has 2 rings (SSSR count). The van der Waals surface area contributed by atoms with Crippen LogP contribution in [0.1, 0.15) is 22.7 Å². The predicted molar refractivity (Wildman–Crippen MR) is 70.7 cm³/mol. The molecule has 100 valence electrons. The number of nitrogens with zero attached hydrogens (tertiary/aromatic N) is 3. The Bertz CT molecular complexity index is 556. The molecule has 8 heteroatoms. The fourth-order valence-electron chi connectivity index (χ4n) is 1.51. The van der Waals surface area contributed by atoms with Gasteiger partial charge in [-0.25, -0.2) is 9.97 Å². The molecule has 0 aliphatic heterocycles. The molecule has 0 spiro atoms. The number of rotatable bonds is 5. The van der Waals surface area contributed by atoms with Gasteiger partial charge in [0.1, 0.15) is 23.7 Å². The number of aryl methyl sites for hydroxylation is 1. The summed E-state index contributed by atoms with van der Waals surface area (Å²) in [5.41, 5.74) is 5.66. The molecule has 0 aromatic carbocycles. The maximum Gasteiger partial charge on any atom is 0.271 e. The minimum absolute atomic E-state index is 0.140. The van der Waals surface area contributed by atoms with Gasteiger partial charge in [0.2, 0.25) is 0 Å². The van der Waals surface area contributed by atoms with Gasteiger partial charge >= 0.3 is 0 Å². The number of anilines is 1. The Kier molecular flexibility index (Phi) is 4.30. The average Bonchev–Trinajstić information content (AvgIpc) is 2.90. The summed E-state index contributed by atoms with van der Waals surface area (Å²) in [4.78, 5) is 19.7. The summed E-state index contributed by atoms with van der Waals surface area (Å²) in [6.07, 6.45) is 2.89. The molecule has 0 unspecified atom stereocenters. The number of aromatic nitrogens is 4. The van der Waals surface area contributed by atoms with E-state index in [1.807, 2.05) is 0 Å². The average molecular weight is 281 g/mol. The van der Waals surface area contributed by atoms with Gasteiger partial charge in [0.05, 0.1) is 5.02 Å². The van der Waals surface area contributed by atoms with Crippen molar-refractivity contribution in [3.63, 3.8) is 0 Å². The van der Waals surface area contributed by atoms with Gasteiger partial charge < -0.3 is 11.1 Å². The van der Waals surface area contributed by atoms with Crippen LogP contribution in [0.5, 0.6) is 0 Å². The molecule has 0 saturated carbocycles. The minimum atomic E-state index is -0.338. The molecule has 7 nitrogen and oxygen atoms in total. The van der Waals surface area contributed by atoms with E-state index >= 15 is 0 Å². The Hall–Kier alpha value is -2.15. The molecule has 1 amide bonds. The van der Waals surface area contributed by atoms with Crippen LogP contribution in [0.2, 0.25) is 5.02 Å². The number of nitrogens with one attached hydrogen (secondary N) is 2. The van der Waals surface area contributed by atoms with E-state index in [0.717, 1.165) is 12.2 Å². The molecule has 19 heavy (non-hydrogen) atoms. The second kappa shape index (κ2) is 6.14. The van der Waals surface area contributed by atoms with Crippen molar-refractivity contribution in [2.45, 2.75) is 12.8 Å². The van der Waals surface area contributed by atoms with E-state index in [-0.39, 0.29) is 22.4 Å². The second-order valence-electron chi connectivity index (χ2n) is 3.86. The Morgan fingerprint density at radius 1 is 1.47 bits per heavy atom. The van der Waals surface area contributed by atoms with Crippen molar-refractivity contribution in [1.29, 1.82) is 0 Å². The number of aromatic amines is 1. The SMILES string of the molecule is Nc1ccc(Cl)c(C(=O)NCCCc2ncn[nH]2)n1. The summed E-state index contributed by atoms with van der Waals surface area (Å²) in [6.45, 7) is 0.492. The Balaban J connectivity index is 1.82. The number of carbonyl (C=O) groups is 1. The first-order chi connectivity index (χ1) is 9.16. The number of nitrogen functional groups attached to an aromatic ring is 1. The van der Waals surface area contributed by atoms with E-state index in [4.69, 9.17) is 17.3 Å². The van der Waals surface area contributed by atoms with Gasteiger partial charge in [0.15, 0.2) is 0 Å². The Labute approximate surface area is 114 Å². The summed E-state index contributed by atoms with van der Waals surface area (Å²) in [5, 5.41) is 9.50. The molecule has 0 fully saturated rings. The highest BCUT2D eigenvalue weighted by Crippen LogP contribution is 2.14. The maximum absolute atomic E-state index is 11.8. The minimum Gasteiger partial charge on any atom is -0.384 e. The highest BCUT2D eigenvalue weighted by atomic mass is 35.5. The zero-order valence-electron chi connectivity index (χ0n) is 10.1. The monoisotopic (exact) mass is 280 g/mol. The maximum atomic E-state index is 11.8. The first-order valence-electron chi connectivity index (χ1n) is 5.71. The third-order valence-corrected chi connectivity index (χ3v) is 2.73. The Morgan fingerprint density at radius 2 is 2.32 bits per heavy atom. The largest absolute Gasteiger partial charge is 0.384 e. The highest BCUT2D eigenvalue weighted by Gasteiger charge is 2.11. The lowest BCUT2D eigenvalue weighted by molar-refractivity contribution is 0.0948. The molecule has 0 saturated heterocycles. The standard InChI is InChI=1S/C11H13ClN6O/c12-7-3-4-8(13)17-10(7)11(19)14-5-1-2-9-15-6-16-18-9/h3-4,6H,1-2,5H2,(H2,13,17)(H,14,19)(H,15,16,18). The molecule has 2 aromatic heterocycles. The van der Waals surface area contributed by atoms with E-state index in [1.165, 1.54) is 6.33 Å². The summed E-state index contributed by atoms with van der Waals surface area (Å²) in [5.74, 6) is 0.709. The van der Waals surface area contributed by atoms with Gasteiger partial charge in [-0.15, -0.1) is 0 Å². The van der Waals surface area contributed by atoms with Crippen LogP contribution in [0.15, 0.2) is 18.5 Å². The lowest BCUT2D eigenvalue weighted by atomic mass is 10.3. The molecular weight excluding hydrogens is 268 g/mol. The lowest BCUT2D eigenvalue weighted by Crippen LogP contribution is -2.26. The molecule has 0 aliphatic carbocycles. The van der Waals surface area contributed by atoms with Crippen LogP contribution in [-0.4, -0.2) is 32.6 Å². The Morgan fingerprint density at radius 3 is 3.05 bits per heavy atom. The van der Waals surface area contributed by atoms with Gasteiger partial charge in [-0.2, -0.15) is 5.10 Å². The van der Waals surface area contributed by atoms with E-state index in [1.54, 1.807) is 12.1 Å². The van der Waals surface area contributed by atoms with Crippen molar-refractivity contribution in [1.82, 2.24) is 25.5 Å². The number of halogens is 1. The zero-order chi connectivity index (χ0) is 13.7. The van der Waals surface area contributed by atoms with Gasteiger partial charge in [0, 0.05) is 13.0 Å². The van der Waals surface area contributed by atoms with Crippen molar-refractivity contribution >= 4 is 23.3 Å². The second-order valence-corrected chi connectivity index (χ2v) is 4.27. The first kappa shape index (κ1) is 13.3. The van der Waals surface area contributed by atoms with Crippen molar-refractivity contribution in [2.24, 2.45) is 0 Å². The van der Waals surface area contributed by atoms with Crippen LogP contribution < -0.4 is 11.1 Å². The first-order valence-corrected chi connectivity index (χ1v) is 6.09. The van der Waals surface area contributed by atoms with Gasteiger partial charge in [-0.1, -0.05) is 11.6 Å². The van der Waals surface area contributed by atoms with Gasteiger partial charge in [-0.05, 0) is 18.6 Å². The highest BCUT2D eigenvalue weighted by molar-refractivity contribution is 6.33. The fraction of sp³-hybridized carbons (Fsp3) is 0.273. The molecule has 0 radical (unpaired) electrons. The molecule has 0 atom stereocenters. The molecule has 2 heterocycles. The van der Waals surface area contributed by atoms with Gasteiger partial charge in [-0.3, -0.25) is 9.89 Å². The molecule has 0 bridgehead atoms. The summed E-state index contributed by atoms with van der Waals surface area (Å²) >= 11 is 5.88. The smallest absolute Gasteiger partial charge is 0.271 e. The number of H-pyrrole nitrogens is 1. The number of carbonyl (C=O) groups excluding carboxylic acids is 1. The van der Waals surface area contributed by atoms with Crippen LogP contribution >= 0.6 is 11.6 Å². The fourth-order valence-corrected chi connectivity index (χ4v) is 1.70. The van der Waals surface area contributed by atoms with Crippen LogP contribution in [-0.2, 0) is 6.42 Å². The van der Waals surface area contributed by atoms with Gasteiger partial charge in [0.25, 0.3) is 5.91 Å². The zero-order valence-corrected chi connectivity index (χ0v) is 10.8. The predicted octanol–water partition coefficient (Wildman–Crippen LogP) is 0.798. The molecular formula is C11H13ClN6O. The summed E-state index contributed by atoms with van der Waals surface area (Å²) in [6, 6.07) is 3.09. The van der Waals surface area contributed by atoms with E-state index < -0.39 is 0 Å². The third-order valence-electron chi connectivity index (χ3n) is 2.42. The number of amides is 1. The number of hydrogen-bond acceptors (Lipinski definition) is 5. The number of nitrogens with two attached hydrogens (primary N) is 1. The topological polar surface area (TPSA) is 110 Å². The van der Waals surface area contributed by atoms with Crippen molar-refractivity contribution in [3.8, 4) is 0 Å². The molecule has 4 N–H and O–H groups in total. The quantitative estimate of drug-likeness (QED) is 0.702. The van der Waals surface area contributed by atoms with Crippen LogP contribution in [0.3, 0.4) is 0 Å². The number of hydrogen-bond donors (Lipinski definition) is 3. The third kappa shape index (κ3) is 3.65. The summed E-state index contributed by atoms with van der Waals surface area (Å²) < 4.78 is 0. The van der Waals surface area contributed by atoms with E-state index in [2.05, 4.69) is 25.5 Å². The van der Waals surface area contributed by atoms with Crippen LogP contribution in [0.4, 0.5) is 5.82 Å². The lowest BCUT2D eigenvalue weighted by Gasteiger charge is -2.06. The molecule has 2 aromatic rings. The van der Waals surface area contributed by atoms with Crippen molar-refractivity contribution in [3.05, 3.63) is 35.0 Å².